The van der Waals surface area contributed by atoms with E-state index in [2.05, 4.69) is 5.32 Å². The van der Waals surface area contributed by atoms with Gasteiger partial charge in [0.2, 0.25) is 0 Å². The lowest BCUT2D eigenvalue weighted by atomic mass is 9.98. The van der Waals surface area contributed by atoms with Crippen molar-refractivity contribution in [1.29, 1.82) is 0 Å². The molecule has 0 aromatic heterocycles. The van der Waals surface area contributed by atoms with Gasteiger partial charge in [-0.2, -0.15) is 0 Å². The summed E-state index contributed by atoms with van der Waals surface area (Å²) in [6.07, 6.45) is 0.592. The Balaban J connectivity index is 1.41. The lowest BCUT2D eigenvalue weighted by molar-refractivity contribution is -0.129. The minimum Gasteiger partial charge on any atom is -0.377 e. The average Bonchev–Trinajstić information content (AvgIpc) is 3.05. The van der Waals surface area contributed by atoms with Crippen molar-refractivity contribution in [3.05, 3.63) is 83.9 Å². The zero-order chi connectivity index (χ0) is 20.2. The molecule has 148 valence electrons. The second-order valence-corrected chi connectivity index (χ2v) is 7.33. The fraction of sp³-hybridized carbons (Fsp3) is 0.250. The maximum absolute atomic E-state index is 13.1. The molecule has 1 saturated heterocycles. The summed E-state index contributed by atoms with van der Waals surface area (Å²) in [7, 11) is 0. The fourth-order valence-corrected chi connectivity index (χ4v) is 3.77. The molecule has 0 radical (unpaired) electrons. The third kappa shape index (κ3) is 4.00. The summed E-state index contributed by atoms with van der Waals surface area (Å²) in [6.45, 7) is 2.88. The van der Waals surface area contributed by atoms with Gasteiger partial charge in [0.05, 0.1) is 6.61 Å². The van der Waals surface area contributed by atoms with Gasteiger partial charge in [-0.15, -0.1) is 0 Å². The fourth-order valence-electron chi connectivity index (χ4n) is 3.77. The maximum atomic E-state index is 13.1. The van der Waals surface area contributed by atoms with Crippen molar-refractivity contribution >= 4 is 22.7 Å². The van der Waals surface area contributed by atoms with Crippen molar-refractivity contribution in [3.63, 3.8) is 0 Å². The van der Waals surface area contributed by atoms with Crippen LogP contribution in [0.15, 0.2) is 72.8 Å². The second-order valence-electron chi connectivity index (χ2n) is 7.33. The highest BCUT2D eigenvalue weighted by Gasteiger charge is 2.41. The number of ether oxygens (including phenoxy) is 1. The zero-order valence-corrected chi connectivity index (χ0v) is 16.4. The molecule has 0 spiro atoms. The number of urea groups is 1. The van der Waals surface area contributed by atoms with E-state index in [4.69, 9.17) is 4.74 Å². The van der Waals surface area contributed by atoms with E-state index in [9.17, 15) is 9.59 Å². The first kappa shape index (κ1) is 19.2. The van der Waals surface area contributed by atoms with Gasteiger partial charge < -0.3 is 10.1 Å². The number of carbonyl (C=O) groups excluding carboxylic acids is 2. The predicted octanol–water partition coefficient (Wildman–Crippen LogP) is 4.43. The molecule has 1 aliphatic heterocycles. The lowest BCUT2D eigenvalue weighted by Gasteiger charge is -2.21. The van der Waals surface area contributed by atoms with Crippen molar-refractivity contribution in [3.8, 4) is 0 Å². The summed E-state index contributed by atoms with van der Waals surface area (Å²) in [5, 5.41) is 4.89. The Morgan fingerprint density at radius 2 is 1.69 bits per heavy atom. The van der Waals surface area contributed by atoms with Gasteiger partial charge in [-0.3, -0.25) is 9.69 Å². The number of fused-ring (bicyclic) bond motifs is 1. The van der Waals surface area contributed by atoms with Crippen molar-refractivity contribution in [2.75, 3.05) is 6.61 Å². The number of benzene rings is 3. The van der Waals surface area contributed by atoms with Crippen LogP contribution in [0.5, 0.6) is 0 Å². The van der Waals surface area contributed by atoms with Crippen LogP contribution >= 0.6 is 0 Å². The van der Waals surface area contributed by atoms with Crippen LogP contribution in [-0.4, -0.2) is 29.5 Å². The molecule has 5 nitrogen and oxygen atoms in total. The van der Waals surface area contributed by atoms with Crippen molar-refractivity contribution in [2.45, 2.75) is 32.0 Å². The monoisotopic (exact) mass is 388 g/mol. The average molecular weight is 388 g/mol. The molecule has 3 amide bonds. The Kier molecular flexibility index (Phi) is 5.58. The summed E-state index contributed by atoms with van der Waals surface area (Å²) in [5.41, 5.74) is 1.93. The van der Waals surface area contributed by atoms with Crippen LogP contribution in [0.4, 0.5) is 4.79 Å². The smallest absolute Gasteiger partial charge is 0.325 e. The quantitative estimate of drug-likeness (QED) is 0.481. The molecule has 1 aliphatic rings. The number of carbonyl (C=O) groups is 2. The molecule has 5 heteroatoms. The van der Waals surface area contributed by atoms with Crippen LogP contribution in [0.1, 0.15) is 30.5 Å². The molecule has 1 heterocycles. The normalized spacial score (nSPS) is 17.6. The molecule has 2 unspecified atom stereocenters. The summed E-state index contributed by atoms with van der Waals surface area (Å²) in [4.78, 5) is 26.9. The molecule has 2 atom stereocenters. The number of nitrogens with one attached hydrogen (secondary N) is 1. The molecular weight excluding hydrogens is 364 g/mol. The van der Waals surface area contributed by atoms with E-state index in [-0.39, 0.29) is 18.0 Å². The predicted molar refractivity (Wildman–Crippen MR) is 112 cm³/mol. The highest BCUT2D eigenvalue weighted by atomic mass is 16.5. The molecule has 1 fully saturated rings. The zero-order valence-electron chi connectivity index (χ0n) is 16.4. The molecule has 3 aromatic rings. The molecule has 1 N–H and O–H groups in total. The van der Waals surface area contributed by atoms with Gasteiger partial charge in [-0.05, 0) is 35.2 Å². The molecule has 0 aliphatic carbocycles. The Morgan fingerprint density at radius 3 is 2.52 bits per heavy atom. The largest absolute Gasteiger partial charge is 0.377 e. The van der Waals surface area contributed by atoms with Crippen LogP contribution < -0.4 is 5.32 Å². The highest BCUT2D eigenvalue weighted by Crippen LogP contribution is 2.30. The lowest BCUT2D eigenvalue weighted by Crippen LogP contribution is -2.39. The number of imide groups is 1. The van der Waals surface area contributed by atoms with Crippen LogP contribution in [0.2, 0.25) is 0 Å². The first-order valence-electron chi connectivity index (χ1n) is 9.88. The van der Waals surface area contributed by atoms with E-state index >= 15 is 0 Å². The standard InChI is InChI=1S/C24H24N2O3/c1-17(14-15-29-16-18-8-3-2-4-9-18)26-23(27)22(25-24(26)28)21-13-7-11-19-10-5-6-12-20(19)21/h2-13,17,22H,14-16H2,1H3,(H,25,28). The van der Waals surface area contributed by atoms with Crippen LogP contribution in [0, 0.1) is 0 Å². The number of amides is 3. The van der Waals surface area contributed by atoms with E-state index < -0.39 is 6.04 Å². The summed E-state index contributed by atoms with van der Waals surface area (Å²) in [6, 6.07) is 22.4. The Morgan fingerprint density at radius 1 is 0.966 bits per heavy atom. The van der Waals surface area contributed by atoms with E-state index in [0.717, 1.165) is 21.9 Å². The molecular formula is C24H24N2O3. The third-order valence-corrected chi connectivity index (χ3v) is 5.34. The van der Waals surface area contributed by atoms with Crippen molar-refractivity contribution in [2.24, 2.45) is 0 Å². The van der Waals surface area contributed by atoms with Crippen molar-refractivity contribution in [1.82, 2.24) is 10.2 Å². The first-order chi connectivity index (χ1) is 14.1. The molecule has 29 heavy (non-hydrogen) atoms. The summed E-state index contributed by atoms with van der Waals surface area (Å²) < 4.78 is 5.72. The van der Waals surface area contributed by atoms with Gasteiger partial charge >= 0.3 is 6.03 Å². The van der Waals surface area contributed by atoms with E-state index in [1.165, 1.54) is 4.90 Å². The number of rotatable bonds is 7. The Labute approximate surface area is 170 Å². The van der Waals surface area contributed by atoms with Crippen LogP contribution in [-0.2, 0) is 16.1 Å². The number of hydrogen-bond donors (Lipinski definition) is 1. The summed E-state index contributed by atoms with van der Waals surface area (Å²) in [5.74, 6) is -0.207. The topological polar surface area (TPSA) is 58.6 Å². The van der Waals surface area contributed by atoms with Gasteiger partial charge in [-0.25, -0.2) is 4.79 Å². The van der Waals surface area contributed by atoms with Crippen molar-refractivity contribution < 1.29 is 14.3 Å². The third-order valence-electron chi connectivity index (χ3n) is 5.34. The van der Waals surface area contributed by atoms with Gasteiger partial charge in [-0.1, -0.05) is 72.8 Å². The second kappa shape index (κ2) is 8.45. The molecule has 4 rings (SSSR count). The maximum Gasteiger partial charge on any atom is 0.325 e. The van der Waals surface area contributed by atoms with Crippen LogP contribution in [0.25, 0.3) is 10.8 Å². The Bertz CT molecular complexity index is 1010. The molecule has 3 aromatic carbocycles. The van der Waals surface area contributed by atoms with E-state index in [0.29, 0.717) is 19.6 Å². The van der Waals surface area contributed by atoms with Gasteiger partial charge in [0.25, 0.3) is 5.91 Å². The van der Waals surface area contributed by atoms with Gasteiger partial charge in [0, 0.05) is 12.6 Å². The SMILES string of the molecule is CC(CCOCc1ccccc1)N1C(=O)NC(c2cccc3ccccc23)C1=O. The van der Waals surface area contributed by atoms with Gasteiger partial charge in [0.15, 0.2) is 0 Å². The number of nitrogens with zero attached hydrogens (tertiary/aromatic N) is 1. The van der Waals surface area contributed by atoms with E-state index in [1.807, 2.05) is 79.7 Å². The van der Waals surface area contributed by atoms with Crippen LogP contribution in [0.3, 0.4) is 0 Å². The summed E-state index contributed by atoms with van der Waals surface area (Å²) >= 11 is 0. The molecule has 0 saturated carbocycles. The minimum atomic E-state index is -0.652. The minimum absolute atomic E-state index is 0.207. The highest BCUT2D eigenvalue weighted by molar-refractivity contribution is 6.06. The van der Waals surface area contributed by atoms with Gasteiger partial charge in [0.1, 0.15) is 6.04 Å². The van der Waals surface area contributed by atoms with E-state index in [1.54, 1.807) is 0 Å². The number of hydrogen-bond acceptors (Lipinski definition) is 3. The molecule has 0 bridgehead atoms. The Hall–Kier alpha value is -3.18. The first-order valence-corrected chi connectivity index (χ1v) is 9.88.